The Balaban J connectivity index is 1.68. The van der Waals surface area contributed by atoms with Gasteiger partial charge in [0, 0.05) is 70.0 Å². The molecule has 0 unspecified atom stereocenters. The summed E-state index contributed by atoms with van der Waals surface area (Å²) >= 11 is 0. The average molecular weight is 468 g/mol. The molecular formula is C25H41NO7. The van der Waals surface area contributed by atoms with Gasteiger partial charge >= 0.3 is 0 Å². The molecule has 1 spiro atoms. The van der Waals surface area contributed by atoms with Gasteiger partial charge < -0.3 is 34.3 Å². The first kappa shape index (κ1) is 23.1. The van der Waals surface area contributed by atoms with Crippen LogP contribution in [0.4, 0.5) is 0 Å². The monoisotopic (exact) mass is 467 g/mol. The Morgan fingerprint density at radius 3 is 2.36 bits per heavy atom. The fourth-order valence-electron chi connectivity index (χ4n) is 11.0. The Bertz CT molecular complexity index is 814. The molecule has 5 saturated carbocycles. The predicted octanol–water partition coefficient (Wildman–Crippen LogP) is 0.271. The van der Waals surface area contributed by atoms with E-state index in [4.69, 9.17) is 18.9 Å². The van der Waals surface area contributed by atoms with Gasteiger partial charge in [0.1, 0.15) is 11.2 Å². The van der Waals surface area contributed by atoms with E-state index in [-0.39, 0.29) is 54.6 Å². The van der Waals surface area contributed by atoms with Crippen LogP contribution in [0.2, 0.25) is 0 Å². The molecule has 7 bridgehead atoms. The second-order valence-electron chi connectivity index (χ2n) is 11.8. The van der Waals surface area contributed by atoms with E-state index in [9.17, 15) is 15.3 Å². The number of hydrogen-bond donors (Lipinski definition) is 3. The summed E-state index contributed by atoms with van der Waals surface area (Å²) in [5.41, 5.74) is -3.78. The zero-order valence-electron chi connectivity index (χ0n) is 20.6. The summed E-state index contributed by atoms with van der Waals surface area (Å²) in [5, 5.41) is 36.6. The first-order valence-electron chi connectivity index (χ1n) is 12.7. The van der Waals surface area contributed by atoms with Crippen LogP contribution in [0.1, 0.15) is 32.6 Å². The molecular weight excluding hydrogens is 426 g/mol. The highest BCUT2D eigenvalue weighted by atomic mass is 16.5. The van der Waals surface area contributed by atoms with Crippen molar-refractivity contribution in [2.24, 2.45) is 34.5 Å². The smallest absolute Gasteiger partial charge is 0.136 e. The molecule has 1 aliphatic heterocycles. The van der Waals surface area contributed by atoms with Crippen molar-refractivity contribution in [2.45, 2.75) is 74.3 Å². The lowest BCUT2D eigenvalue weighted by Gasteiger charge is -2.70. The molecule has 6 aliphatic rings. The fraction of sp³-hybridized carbons (Fsp3) is 1.00. The molecule has 0 radical (unpaired) electrons. The maximum absolute atomic E-state index is 13.0. The zero-order chi connectivity index (χ0) is 23.6. The minimum absolute atomic E-state index is 0.0443. The molecule has 8 nitrogen and oxygen atoms in total. The Morgan fingerprint density at radius 2 is 1.79 bits per heavy atom. The number of methoxy groups -OCH3 is 4. The van der Waals surface area contributed by atoms with Gasteiger partial charge in [0.15, 0.2) is 0 Å². The van der Waals surface area contributed by atoms with Crippen molar-refractivity contribution in [3.8, 4) is 0 Å². The van der Waals surface area contributed by atoms with Crippen molar-refractivity contribution in [1.82, 2.24) is 4.90 Å². The van der Waals surface area contributed by atoms with E-state index in [0.29, 0.717) is 13.0 Å². The molecule has 1 heterocycles. The van der Waals surface area contributed by atoms with Gasteiger partial charge in [0.25, 0.3) is 0 Å². The second-order valence-corrected chi connectivity index (χ2v) is 11.8. The predicted molar refractivity (Wildman–Crippen MR) is 119 cm³/mol. The van der Waals surface area contributed by atoms with E-state index in [2.05, 4.69) is 11.8 Å². The van der Waals surface area contributed by atoms with E-state index in [0.717, 1.165) is 25.8 Å². The van der Waals surface area contributed by atoms with Crippen LogP contribution in [-0.2, 0) is 18.9 Å². The third kappa shape index (κ3) is 2.16. The summed E-state index contributed by atoms with van der Waals surface area (Å²) in [4.78, 5) is 2.33. The summed E-state index contributed by atoms with van der Waals surface area (Å²) in [7, 11) is 6.85. The van der Waals surface area contributed by atoms with E-state index in [1.54, 1.807) is 28.4 Å². The van der Waals surface area contributed by atoms with Crippen molar-refractivity contribution >= 4 is 0 Å². The summed E-state index contributed by atoms with van der Waals surface area (Å²) in [6.07, 6.45) is 1.81. The van der Waals surface area contributed by atoms with E-state index >= 15 is 0 Å². The Hall–Kier alpha value is -0.320. The SMILES string of the molecule is CCN1C[C@]2(CO)CC[C@H](OC)[C@]34[C@@H]5C[C@H]6[C@H](OC)[C@@H]5[C@](O)(C[C@@H]6OC)[C@](O)([C@H]13)[C@@H](OC)[C@@H]24. The summed E-state index contributed by atoms with van der Waals surface area (Å²) in [6, 6.07) is -0.312. The third-order valence-corrected chi connectivity index (χ3v) is 11.6. The van der Waals surface area contributed by atoms with E-state index < -0.39 is 28.1 Å². The van der Waals surface area contributed by atoms with E-state index in [1.807, 2.05) is 0 Å². The van der Waals surface area contributed by atoms with Crippen molar-refractivity contribution in [3.05, 3.63) is 0 Å². The minimum Gasteiger partial charge on any atom is -0.396 e. The molecule has 0 aromatic rings. The first-order valence-corrected chi connectivity index (χ1v) is 12.7. The number of likely N-dealkylation sites (N-methyl/N-ethyl adjacent to an activating group) is 1. The highest BCUT2D eigenvalue weighted by Crippen LogP contribution is 2.80. The number of likely N-dealkylation sites (tertiary alicyclic amines) is 1. The molecule has 188 valence electrons. The van der Waals surface area contributed by atoms with Crippen molar-refractivity contribution < 1.29 is 34.3 Å². The van der Waals surface area contributed by atoms with Crippen LogP contribution in [-0.4, -0.2) is 110 Å². The van der Waals surface area contributed by atoms with Gasteiger partial charge in [0.05, 0.1) is 37.1 Å². The quantitative estimate of drug-likeness (QED) is 0.512. The summed E-state index contributed by atoms with van der Waals surface area (Å²) in [6.45, 7) is 3.59. The number of aliphatic hydroxyl groups is 3. The molecule has 5 aliphatic carbocycles. The molecule has 3 N–H and O–H groups in total. The minimum atomic E-state index is -1.52. The molecule has 0 amide bonds. The van der Waals surface area contributed by atoms with Crippen molar-refractivity contribution in [2.75, 3.05) is 48.1 Å². The second kappa shape index (κ2) is 7.13. The van der Waals surface area contributed by atoms with Gasteiger partial charge in [-0.3, -0.25) is 4.90 Å². The highest BCUT2D eigenvalue weighted by Gasteiger charge is 2.91. The largest absolute Gasteiger partial charge is 0.396 e. The molecule has 1 saturated heterocycles. The van der Waals surface area contributed by atoms with Crippen molar-refractivity contribution in [1.29, 1.82) is 0 Å². The van der Waals surface area contributed by atoms with Crippen LogP contribution >= 0.6 is 0 Å². The average Bonchev–Trinajstić information content (AvgIpc) is 3.24. The lowest BCUT2D eigenvalue weighted by molar-refractivity contribution is -0.320. The number of rotatable bonds is 6. The van der Waals surface area contributed by atoms with Crippen LogP contribution in [0.15, 0.2) is 0 Å². The maximum Gasteiger partial charge on any atom is 0.136 e. The zero-order valence-corrected chi connectivity index (χ0v) is 20.6. The molecule has 8 heteroatoms. The van der Waals surface area contributed by atoms with E-state index in [1.165, 1.54) is 0 Å². The van der Waals surface area contributed by atoms with Crippen LogP contribution in [0.25, 0.3) is 0 Å². The van der Waals surface area contributed by atoms with Crippen LogP contribution in [0.3, 0.4) is 0 Å². The topological polar surface area (TPSA) is 101 Å². The number of piperidine rings is 1. The third-order valence-electron chi connectivity index (χ3n) is 11.6. The fourth-order valence-corrected chi connectivity index (χ4v) is 11.0. The lowest BCUT2D eigenvalue weighted by atomic mass is 9.42. The molecule has 0 aromatic carbocycles. The number of aliphatic hydroxyl groups excluding tert-OH is 1. The summed E-state index contributed by atoms with van der Waals surface area (Å²) in [5.74, 6) is -0.0916. The molecule has 33 heavy (non-hydrogen) atoms. The Morgan fingerprint density at radius 1 is 1.03 bits per heavy atom. The van der Waals surface area contributed by atoms with Crippen molar-refractivity contribution in [3.63, 3.8) is 0 Å². The number of fused-ring (bicyclic) bond motifs is 2. The van der Waals surface area contributed by atoms with Crippen LogP contribution in [0.5, 0.6) is 0 Å². The highest BCUT2D eigenvalue weighted by molar-refractivity contribution is 5.41. The normalized spacial score (nSPS) is 60.9. The van der Waals surface area contributed by atoms with Crippen LogP contribution in [0, 0.1) is 34.5 Å². The molecule has 6 rings (SSSR count). The van der Waals surface area contributed by atoms with Gasteiger partial charge in [-0.2, -0.15) is 0 Å². The molecule has 6 fully saturated rings. The first-order chi connectivity index (χ1) is 15.8. The maximum atomic E-state index is 13.0. The van der Waals surface area contributed by atoms with Gasteiger partial charge in [-0.05, 0) is 31.7 Å². The summed E-state index contributed by atoms with van der Waals surface area (Å²) < 4.78 is 24.5. The van der Waals surface area contributed by atoms with Gasteiger partial charge in [-0.25, -0.2) is 0 Å². The van der Waals surface area contributed by atoms with Crippen LogP contribution < -0.4 is 0 Å². The number of hydrogen-bond acceptors (Lipinski definition) is 8. The van der Waals surface area contributed by atoms with Gasteiger partial charge in [-0.15, -0.1) is 0 Å². The van der Waals surface area contributed by atoms with Gasteiger partial charge in [-0.1, -0.05) is 6.92 Å². The Kier molecular flexibility index (Phi) is 4.99. The molecule has 0 aromatic heterocycles. The number of nitrogens with zero attached hydrogens (tertiary/aromatic N) is 1. The lowest BCUT2D eigenvalue weighted by Crippen LogP contribution is -2.82. The van der Waals surface area contributed by atoms with Gasteiger partial charge in [0.2, 0.25) is 0 Å². The number of ether oxygens (including phenoxy) is 4. The Labute approximate surface area is 196 Å². The standard InChI is InChI=1S/C25H41NO7/c1-6-26-11-22(12-27)8-7-16(31-3)24-14-9-13-15(30-2)10-23(28,17(14)18(13)32-4)25(29,21(24)26)20(33-5)19(22)24/h13-21,27-29H,6-12H2,1-5H3/t13-,14-,15+,16+,17-,18+,19+,20+,21-,22+,23-,24+,25-/m1/s1. The molecule has 13 atom stereocenters.